The molecule has 3 N–H and O–H groups in total. The first-order chi connectivity index (χ1) is 18.7. The first-order valence-corrected chi connectivity index (χ1v) is 11.9. The highest BCUT2D eigenvalue weighted by Gasteiger charge is 2.31. The number of fused-ring (bicyclic) bond motifs is 1. The smallest absolute Gasteiger partial charge is 0.416 e. The molecule has 0 saturated carbocycles. The van der Waals surface area contributed by atoms with Gasteiger partial charge in [-0.2, -0.15) is 13.2 Å². The van der Waals surface area contributed by atoms with Crippen molar-refractivity contribution in [2.45, 2.75) is 13.1 Å². The molecule has 39 heavy (non-hydrogen) atoms. The van der Waals surface area contributed by atoms with E-state index in [-0.39, 0.29) is 11.5 Å². The number of nitrogens with one attached hydrogen (secondary N) is 1. The lowest BCUT2D eigenvalue weighted by molar-refractivity contribution is -0.137. The number of nitrogens with zero attached hydrogens (tertiary/aromatic N) is 2. The molecule has 0 aliphatic carbocycles. The standard InChI is InChI=1S/C30H23F3N4O2/c1-17-11-12-22(36-28(38)19-9-6-10-21(13-19)30(31,32)33)15-23(17)24-14-20-16-35-29(34)37-26(20)25(27(24)39-2)18-7-4-3-5-8-18/h3-16H,1-2H3,(H,36,38)(H2,34,35,37). The maximum Gasteiger partial charge on any atom is 0.416 e. The minimum absolute atomic E-state index is 0.101. The predicted octanol–water partition coefficient (Wildman–Crippen LogP) is 7.13. The minimum atomic E-state index is -4.55. The lowest BCUT2D eigenvalue weighted by Crippen LogP contribution is -2.14. The Labute approximate surface area is 222 Å². The third-order valence-corrected chi connectivity index (χ3v) is 6.35. The van der Waals surface area contributed by atoms with E-state index in [1.807, 2.05) is 49.4 Å². The van der Waals surface area contributed by atoms with Crippen LogP contribution in [0.5, 0.6) is 5.75 Å². The number of carbonyl (C=O) groups excluding carboxylic acids is 1. The molecule has 1 aromatic heterocycles. The third kappa shape index (κ3) is 5.11. The summed E-state index contributed by atoms with van der Waals surface area (Å²) in [5, 5.41) is 3.45. The second-order valence-electron chi connectivity index (χ2n) is 8.93. The highest BCUT2D eigenvalue weighted by molar-refractivity contribution is 6.06. The van der Waals surface area contributed by atoms with Crippen LogP contribution in [-0.2, 0) is 6.18 Å². The molecule has 0 bridgehead atoms. The Morgan fingerprint density at radius 3 is 2.44 bits per heavy atom. The Balaban J connectivity index is 1.62. The van der Waals surface area contributed by atoms with Crippen LogP contribution in [0.2, 0.25) is 0 Å². The van der Waals surface area contributed by atoms with Crippen molar-refractivity contribution in [1.82, 2.24) is 9.97 Å². The van der Waals surface area contributed by atoms with Crippen LogP contribution < -0.4 is 15.8 Å². The van der Waals surface area contributed by atoms with Gasteiger partial charge in [-0.1, -0.05) is 42.5 Å². The molecule has 0 spiro atoms. The number of rotatable bonds is 5. The van der Waals surface area contributed by atoms with Crippen molar-refractivity contribution in [3.05, 3.63) is 102 Å². The fourth-order valence-electron chi connectivity index (χ4n) is 4.49. The molecule has 9 heteroatoms. The van der Waals surface area contributed by atoms with Gasteiger partial charge in [0.05, 0.1) is 23.8 Å². The summed E-state index contributed by atoms with van der Waals surface area (Å²) < 4.78 is 45.4. The Kier molecular flexibility index (Phi) is 6.66. The van der Waals surface area contributed by atoms with E-state index in [4.69, 9.17) is 10.5 Å². The maximum atomic E-state index is 13.1. The Bertz CT molecular complexity index is 1700. The molecule has 196 valence electrons. The second kappa shape index (κ2) is 10.1. The summed E-state index contributed by atoms with van der Waals surface area (Å²) in [5.74, 6) is 0.0245. The molecule has 0 aliphatic heterocycles. The quantitative estimate of drug-likeness (QED) is 0.253. The van der Waals surface area contributed by atoms with Crippen LogP contribution in [0.15, 0.2) is 85.1 Å². The van der Waals surface area contributed by atoms with Crippen LogP contribution in [0.1, 0.15) is 21.5 Å². The lowest BCUT2D eigenvalue weighted by atomic mass is 9.92. The number of nitrogens with two attached hydrogens (primary N) is 1. The molecule has 0 unspecified atom stereocenters. The largest absolute Gasteiger partial charge is 0.495 e. The number of methoxy groups -OCH3 is 1. The van der Waals surface area contributed by atoms with Gasteiger partial charge in [0.1, 0.15) is 5.75 Å². The topological polar surface area (TPSA) is 90.1 Å². The zero-order chi connectivity index (χ0) is 27.7. The van der Waals surface area contributed by atoms with Crippen molar-refractivity contribution in [1.29, 1.82) is 0 Å². The van der Waals surface area contributed by atoms with Gasteiger partial charge in [-0.25, -0.2) is 9.97 Å². The average molecular weight is 529 g/mol. The van der Waals surface area contributed by atoms with Crippen molar-refractivity contribution >= 4 is 28.4 Å². The molecule has 4 aromatic carbocycles. The van der Waals surface area contributed by atoms with E-state index in [1.165, 1.54) is 12.1 Å². The summed E-state index contributed by atoms with van der Waals surface area (Å²) in [6.45, 7) is 1.92. The van der Waals surface area contributed by atoms with E-state index in [9.17, 15) is 18.0 Å². The number of amides is 1. The molecule has 5 aromatic rings. The van der Waals surface area contributed by atoms with E-state index < -0.39 is 17.6 Å². The fraction of sp³-hybridized carbons (Fsp3) is 0.100. The zero-order valence-electron chi connectivity index (χ0n) is 21.0. The number of carbonyl (C=O) groups is 1. The Hall–Kier alpha value is -4.92. The second-order valence-corrected chi connectivity index (χ2v) is 8.93. The number of alkyl halides is 3. The molecule has 0 aliphatic rings. The van der Waals surface area contributed by atoms with E-state index in [0.29, 0.717) is 17.0 Å². The van der Waals surface area contributed by atoms with Gasteiger partial charge in [0.15, 0.2) is 0 Å². The van der Waals surface area contributed by atoms with Crippen molar-refractivity contribution in [3.8, 4) is 28.0 Å². The molecule has 0 radical (unpaired) electrons. The molecule has 5 rings (SSSR count). The van der Waals surface area contributed by atoms with Gasteiger partial charge < -0.3 is 15.8 Å². The van der Waals surface area contributed by atoms with Gasteiger partial charge >= 0.3 is 6.18 Å². The normalized spacial score (nSPS) is 11.4. The first-order valence-electron chi connectivity index (χ1n) is 11.9. The summed E-state index contributed by atoms with van der Waals surface area (Å²) in [6.07, 6.45) is -2.91. The molecule has 1 heterocycles. The number of nitrogen functional groups attached to an aromatic ring is 1. The number of hydrogen-bond acceptors (Lipinski definition) is 5. The first kappa shape index (κ1) is 25.7. The van der Waals surface area contributed by atoms with Gasteiger partial charge in [0.25, 0.3) is 5.91 Å². The number of aryl methyl sites for hydroxylation is 1. The van der Waals surface area contributed by atoms with Crippen LogP contribution in [0.4, 0.5) is 24.8 Å². The van der Waals surface area contributed by atoms with Gasteiger partial charge in [-0.3, -0.25) is 4.79 Å². The van der Waals surface area contributed by atoms with Gasteiger partial charge in [0.2, 0.25) is 5.95 Å². The average Bonchev–Trinajstić information content (AvgIpc) is 2.93. The number of anilines is 2. The number of ether oxygens (including phenoxy) is 1. The molecule has 1 amide bonds. The molecule has 6 nitrogen and oxygen atoms in total. The lowest BCUT2D eigenvalue weighted by Gasteiger charge is -2.19. The van der Waals surface area contributed by atoms with Gasteiger partial charge in [-0.05, 0) is 60.0 Å². The van der Waals surface area contributed by atoms with Crippen LogP contribution in [0.25, 0.3) is 33.2 Å². The van der Waals surface area contributed by atoms with Crippen LogP contribution in [0.3, 0.4) is 0 Å². The molecular formula is C30H23F3N4O2. The van der Waals surface area contributed by atoms with Gasteiger partial charge in [-0.15, -0.1) is 0 Å². The third-order valence-electron chi connectivity index (χ3n) is 6.35. The SMILES string of the molecule is COc1c(-c2cc(NC(=O)c3cccc(C(F)(F)F)c3)ccc2C)cc2cnc(N)nc2c1-c1ccccc1. The molecule has 0 fully saturated rings. The summed E-state index contributed by atoms with van der Waals surface area (Å²) in [4.78, 5) is 21.5. The summed E-state index contributed by atoms with van der Waals surface area (Å²) in [5.41, 5.74) is 9.93. The molecule has 0 atom stereocenters. The van der Waals surface area contributed by atoms with Crippen molar-refractivity contribution in [3.63, 3.8) is 0 Å². The monoisotopic (exact) mass is 528 g/mol. The Morgan fingerprint density at radius 1 is 0.949 bits per heavy atom. The predicted molar refractivity (Wildman–Crippen MR) is 146 cm³/mol. The van der Waals surface area contributed by atoms with E-state index in [0.717, 1.165) is 45.3 Å². The number of hydrogen-bond donors (Lipinski definition) is 2. The van der Waals surface area contributed by atoms with Crippen LogP contribution in [-0.4, -0.2) is 23.0 Å². The number of halogens is 3. The molecule has 0 saturated heterocycles. The fourth-order valence-corrected chi connectivity index (χ4v) is 4.49. The summed E-state index contributed by atoms with van der Waals surface area (Å²) in [7, 11) is 1.57. The van der Waals surface area contributed by atoms with Crippen LogP contribution in [0, 0.1) is 6.92 Å². The maximum absolute atomic E-state index is 13.1. The van der Waals surface area contributed by atoms with Crippen molar-refractivity contribution < 1.29 is 22.7 Å². The summed E-state index contributed by atoms with van der Waals surface area (Å²) >= 11 is 0. The van der Waals surface area contributed by atoms with Crippen LogP contribution >= 0.6 is 0 Å². The number of aromatic nitrogens is 2. The van der Waals surface area contributed by atoms with E-state index >= 15 is 0 Å². The summed E-state index contributed by atoms with van der Waals surface area (Å²) in [6, 6.07) is 21.1. The van der Waals surface area contributed by atoms with E-state index in [1.54, 1.807) is 25.4 Å². The van der Waals surface area contributed by atoms with Crippen molar-refractivity contribution in [2.24, 2.45) is 0 Å². The highest BCUT2D eigenvalue weighted by atomic mass is 19.4. The highest BCUT2D eigenvalue weighted by Crippen LogP contribution is 2.45. The van der Waals surface area contributed by atoms with Crippen molar-refractivity contribution in [2.75, 3.05) is 18.2 Å². The Morgan fingerprint density at radius 2 is 1.72 bits per heavy atom. The minimum Gasteiger partial charge on any atom is -0.495 e. The van der Waals surface area contributed by atoms with Gasteiger partial charge in [0, 0.05) is 28.4 Å². The zero-order valence-corrected chi connectivity index (χ0v) is 21.0. The number of benzene rings is 4. The molecular weight excluding hydrogens is 505 g/mol. The van der Waals surface area contributed by atoms with E-state index in [2.05, 4.69) is 15.3 Å².